The number of rotatable bonds is 9. The van der Waals surface area contributed by atoms with Crippen LogP contribution in [0, 0.1) is 0 Å². The second kappa shape index (κ2) is 8.51. The van der Waals surface area contributed by atoms with Crippen LogP contribution in [0.15, 0.2) is 29.2 Å². The zero-order valence-electron chi connectivity index (χ0n) is 13.6. The van der Waals surface area contributed by atoms with Gasteiger partial charge in [-0.3, -0.25) is 0 Å². The summed E-state index contributed by atoms with van der Waals surface area (Å²) in [4.78, 5) is 0.380. The molecule has 0 amide bonds. The van der Waals surface area contributed by atoms with Crippen molar-refractivity contribution >= 4 is 10.0 Å². The van der Waals surface area contributed by atoms with Crippen LogP contribution in [-0.4, -0.2) is 39.4 Å². The zero-order chi connectivity index (χ0) is 15.9. The Morgan fingerprint density at radius 3 is 2.38 bits per heavy atom. The Morgan fingerprint density at radius 1 is 1.24 bits per heavy atom. The molecule has 0 aromatic heterocycles. The third kappa shape index (κ3) is 5.09. The van der Waals surface area contributed by atoms with Crippen molar-refractivity contribution in [3.8, 4) is 0 Å². The highest BCUT2D eigenvalue weighted by Gasteiger charge is 2.24. The molecule has 120 valence electrons. The average molecular weight is 312 g/mol. The molecule has 0 aliphatic carbocycles. The van der Waals surface area contributed by atoms with Gasteiger partial charge in [0.15, 0.2) is 0 Å². The molecule has 0 saturated carbocycles. The van der Waals surface area contributed by atoms with Crippen molar-refractivity contribution in [2.24, 2.45) is 0 Å². The van der Waals surface area contributed by atoms with E-state index >= 15 is 0 Å². The van der Waals surface area contributed by atoms with Crippen LogP contribution in [-0.2, 0) is 16.4 Å². The first-order valence-corrected chi connectivity index (χ1v) is 9.09. The average Bonchev–Trinajstić information content (AvgIpc) is 2.47. The third-order valence-corrected chi connectivity index (χ3v) is 5.81. The molecule has 5 heteroatoms. The van der Waals surface area contributed by atoms with Crippen LogP contribution in [0.1, 0.15) is 38.7 Å². The normalized spacial score (nSPS) is 13.6. The maximum absolute atomic E-state index is 12.5. The van der Waals surface area contributed by atoms with Gasteiger partial charge in [0, 0.05) is 13.1 Å². The van der Waals surface area contributed by atoms with E-state index in [0.717, 1.165) is 32.2 Å². The SMILES string of the molecule is CCCC(C)N(C)S(=O)(=O)c1ccc(CCCNC)cc1. The molecule has 21 heavy (non-hydrogen) atoms. The molecule has 0 radical (unpaired) electrons. The molecule has 1 rings (SSSR count). The fourth-order valence-electron chi connectivity index (χ4n) is 2.30. The van der Waals surface area contributed by atoms with E-state index in [1.807, 2.05) is 26.1 Å². The minimum absolute atomic E-state index is 0.0234. The van der Waals surface area contributed by atoms with E-state index < -0.39 is 10.0 Å². The largest absolute Gasteiger partial charge is 0.320 e. The van der Waals surface area contributed by atoms with E-state index in [9.17, 15) is 8.42 Å². The van der Waals surface area contributed by atoms with Crippen LogP contribution in [0.5, 0.6) is 0 Å². The molecular weight excluding hydrogens is 284 g/mol. The molecule has 0 spiro atoms. The van der Waals surface area contributed by atoms with Gasteiger partial charge in [0.1, 0.15) is 0 Å². The van der Waals surface area contributed by atoms with Crippen molar-refractivity contribution in [2.75, 3.05) is 20.6 Å². The summed E-state index contributed by atoms with van der Waals surface area (Å²) in [7, 11) is 0.215. The van der Waals surface area contributed by atoms with E-state index in [2.05, 4.69) is 12.2 Å². The van der Waals surface area contributed by atoms with Gasteiger partial charge in [0.25, 0.3) is 0 Å². The smallest absolute Gasteiger partial charge is 0.243 e. The Bertz CT molecular complexity index is 512. The summed E-state index contributed by atoms with van der Waals surface area (Å²) in [5, 5.41) is 3.11. The first-order valence-electron chi connectivity index (χ1n) is 7.65. The van der Waals surface area contributed by atoms with Crippen molar-refractivity contribution in [3.05, 3.63) is 29.8 Å². The van der Waals surface area contributed by atoms with Gasteiger partial charge >= 0.3 is 0 Å². The van der Waals surface area contributed by atoms with Crippen LogP contribution in [0.25, 0.3) is 0 Å². The summed E-state index contributed by atoms with van der Waals surface area (Å²) in [6.45, 7) is 4.99. The topological polar surface area (TPSA) is 49.4 Å². The number of sulfonamides is 1. The molecule has 0 aliphatic heterocycles. The molecule has 4 nitrogen and oxygen atoms in total. The molecule has 1 aromatic rings. The quantitative estimate of drug-likeness (QED) is 0.713. The van der Waals surface area contributed by atoms with Crippen molar-refractivity contribution in [3.63, 3.8) is 0 Å². The molecule has 0 aliphatic rings. The van der Waals surface area contributed by atoms with E-state index in [1.54, 1.807) is 19.2 Å². The summed E-state index contributed by atoms with van der Waals surface area (Å²) in [5.41, 5.74) is 1.17. The summed E-state index contributed by atoms with van der Waals surface area (Å²) in [6.07, 6.45) is 3.86. The molecule has 0 saturated heterocycles. The lowest BCUT2D eigenvalue weighted by atomic mass is 10.1. The van der Waals surface area contributed by atoms with Crippen molar-refractivity contribution < 1.29 is 8.42 Å². The predicted molar refractivity (Wildman–Crippen MR) is 88.0 cm³/mol. The second-order valence-corrected chi connectivity index (χ2v) is 7.51. The van der Waals surface area contributed by atoms with Crippen molar-refractivity contribution in [1.29, 1.82) is 0 Å². The highest BCUT2D eigenvalue weighted by molar-refractivity contribution is 7.89. The third-order valence-electron chi connectivity index (χ3n) is 3.82. The van der Waals surface area contributed by atoms with Crippen molar-refractivity contribution in [1.82, 2.24) is 9.62 Å². The number of benzene rings is 1. The van der Waals surface area contributed by atoms with Crippen LogP contribution < -0.4 is 5.32 Å². The standard InChI is InChI=1S/C16H28N2O2S/c1-5-7-14(2)18(4)21(19,20)16-11-9-15(10-12-16)8-6-13-17-3/h9-12,14,17H,5-8,13H2,1-4H3. The van der Waals surface area contributed by atoms with Gasteiger partial charge in [-0.2, -0.15) is 4.31 Å². The molecular formula is C16H28N2O2S. The fourth-order valence-corrected chi connectivity index (χ4v) is 3.69. The maximum Gasteiger partial charge on any atom is 0.243 e. The van der Waals surface area contributed by atoms with E-state index in [4.69, 9.17) is 0 Å². The molecule has 0 heterocycles. The number of hydrogen-bond donors (Lipinski definition) is 1. The van der Waals surface area contributed by atoms with E-state index in [1.165, 1.54) is 9.87 Å². The van der Waals surface area contributed by atoms with Crippen LogP contribution >= 0.6 is 0 Å². The highest BCUT2D eigenvalue weighted by atomic mass is 32.2. The molecule has 0 bridgehead atoms. The Hall–Kier alpha value is -0.910. The lowest BCUT2D eigenvalue weighted by Gasteiger charge is -2.24. The first kappa shape index (κ1) is 18.1. The number of aryl methyl sites for hydroxylation is 1. The Balaban J connectivity index is 2.79. The van der Waals surface area contributed by atoms with Crippen LogP contribution in [0.2, 0.25) is 0 Å². The van der Waals surface area contributed by atoms with Crippen LogP contribution in [0.4, 0.5) is 0 Å². The van der Waals surface area contributed by atoms with Crippen molar-refractivity contribution in [2.45, 2.75) is 50.5 Å². The van der Waals surface area contributed by atoms with Gasteiger partial charge in [-0.1, -0.05) is 25.5 Å². The van der Waals surface area contributed by atoms with Gasteiger partial charge in [-0.05, 0) is 57.5 Å². The lowest BCUT2D eigenvalue weighted by molar-refractivity contribution is 0.369. The molecule has 1 N–H and O–H groups in total. The second-order valence-electron chi connectivity index (χ2n) is 5.51. The van der Waals surface area contributed by atoms with Crippen LogP contribution in [0.3, 0.4) is 0 Å². The van der Waals surface area contributed by atoms with Gasteiger partial charge in [-0.15, -0.1) is 0 Å². The molecule has 1 aromatic carbocycles. The molecule has 1 unspecified atom stereocenters. The summed E-state index contributed by atoms with van der Waals surface area (Å²) >= 11 is 0. The molecule has 1 atom stereocenters. The maximum atomic E-state index is 12.5. The summed E-state index contributed by atoms with van der Waals surface area (Å²) in [5.74, 6) is 0. The van der Waals surface area contributed by atoms with Gasteiger partial charge < -0.3 is 5.32 Å². The number of nitrogens with zero attached hydrogens (tertiary/aromatic N) is 1. The van der Waals surface area contributed by atoms with Gasteiger partial charge in [0.2, 0.25) is 10.0 Å². The summed E-state index contributed by atoms with van der Waals surface area (Å²) < 4.78 is 26.6. The van der Waals surface area contributed by atoms with Gasteiger partial charge in [-0.25, -0.2) is 8.42 Å². The highest BCUT2D eigenvalue weighted by Crippen LogP contribution is 2.19. The minimum atomic E-state index is -3.38. The molecule has 0 fully saturated rings. The Kier molecular flexibility index (Phi) is 7.35. The summed E-state index contributed by atoms with van der Waals surface area (Å²) in [6, 6.07) is 7.30. The first-order chi connectivity index (χ1) is 9.93. The zero-order valence-corrected chi connectivity index (χ0v) is 14.4. The lowest BCUT2D eigenvalue weighted by Crippen LogP contribution is -2.34. The monoisotopic (exact) mass is 312 g/mol. The van der Waals surface area contributed by atoms with E-state index in [-0.39, 0.29) is 6.04 Å². The predicted octanol–water partition coefficient (Wildman–Crippen LogP) is 2.65. The Labute approximate surface area is 129 Å². The van der Waals surface area contributed by atoms with Gasteiger partial charge in [0.05, 0.1) is 4.90 Å². The number of hydrogen-bond acceptors (Lipinski definition) is 3. The fraction of sp³-hybridized carbons (Fsp3) is 0.625. The number of nitrogens with one attached hydrogen (secondary N) is 1. The van der Waals surface area contributed by atoms with E-state index in [0.29, 0.717) is 4.90 Å². The minimum Gasteiger partial charge on any atom is -0.320 e. The Morgan fingerprint density at radius 2 is 1.86 bits per heavy atom.